The van der Waals surface area contributed by atoms with Crippen molar-refractivity contribution < 1.29 is 31.6 Å². The van der Waals surface area contributed by atoms with Gasteiger partial charge in [0.1, 0.15) is 11.4 Å². The second kappa shape index (κ2) is 7.67. The Morgan fingerprint density at radius 3 is 2.48 bits per heavy atom. The van der Waals surface area contributed by atoms with Crippen LogP contribution < -0.4 is 0 Å². The molecule has 4 nitrogen and oxygen atoms in total. The van der Waals surface area contributed by atoms with Gasteiger partial charge in [-0.1, -0.05) is 23.7 Å². The molecular weight excluding hydrogens is 386 g/mol. The molecule has 1 atom stereocenters. The zero-order chi connectivity index (χ0) is 18.8. The highest BCUT2D eigenvalue weighted by atomic mass is 35.5. The van der Waals surface area contributed by atoms with Gasteiger partial charge >= 0.3 is 17.6 Å². The molecule has 1 heterocycles. The number of halogens is 5. The number of rotatable bonds is 6. The molecule has 0 radical (unpaired) electrons. The van der Waals surface area contributed by atoms with Gasteiger partial charge in [-0.05, 0) is 19.1 Å². The number of carbonyl (C=O) groups excluding carboxylic acids is 1. The van der Waals surface area contributed by atoms with Crippen molar-refractivity contribution in [3.63, 3.8) is 0 Å². The largest absolute Gasteiger partial charge is 0.606 e. The SMILES string of the molecule is CCOC(=O)c1cc([S+]([O-])C(F)(F)C(F)F)c(-c2ccc(Cl)cc2)[nH]1. The topological polar surface area (TPSA) is 65.2 Å². The Hall–Kier alpha value is -1.71. The van der Waals surface area contributed by atoms with Gasteiger partial charge < -0.3 is 14.3 Å². The van der Waals surface area contributed by atoms with Crippen LogP contribution in [0.4, 0.5) is 17.6 Å². The Morgan fingerprint density at radius 1 is 1.36 bits per heavy atom. The molecule has 1 unspecified atom stereocenters. The van der Waals surface area contributed by atoms with Crippen LogP contribution in [-0.4, -0.2) is 33.8 Å². The lowest BCUT2D eigenvalue weighted by atomic mass is 10.2. The fourth-order valence-electron chi connectivity index (χ4n) is 1.96. The Labute approximate surface area is 148 Å². The third-order valence-electron chi connectivity index (χ3n) is 3.11. The molecule has 0 amide bonds. The summed E-state index contributed by atoms with van der Waals surface area (Å²) in [5.74, 6) is -0.888. The van der Waals surface area contributed by atoms with Crippen LogP contribution in [0.1, 0.15) is 17.4 Å². The van der Waals surface area contributed by atoms with E-state index in [0.29, 0.717) is 5.02 Å². The third kappa shape index (κ3) is 4.10. The number of aromatic nitrogens is 1. The van der Waals surface area contributed by atoms with Crippen LogP contribution in [0.15, 0.2) is 35.2 Å². The number of hydrogen-bond donors (Lipinski definition) is 1. The summed E-state index contributed by atoms with van der Waals surface area (Å²) in [6.07, 6.45) is -4.13. The quantitative estimate of drug-likeness (QED) is 0.444. The average Bonchev–Trinajstić information content (AvgIpc) is 3.00. The van der Waals surface area contributed by atoms with Gasteiger partial charge in [0.15, 0.2) is 4.90 Å². The molecule has 2 aromatic rings. The first-order valence-electron chi connectivity index (χ1n) is 6.92. The van der Waals surface area contributed by atoms with Crippen molar-refractivity contribution in [2.45, 2.75) is 23.5 Å². The molecule has 0 saturated carbocycles. The molecule has 0 bridgehead atoms. The van der Waals surface area contributed by atoms with Gasteiger partial charge in [0.05, 0.1) is 17.8 Å². The van der Waals surface area contributed by atoms with Gasteiger partial charge in [0.2, 0.25) is 0 Å². The van der Waals surface area contributed by atoms with E-state index in [4.69, 9.17) is 16.3 Å². The maximum Gasteiger partial charge on any atom is 0.473 e. The number of carbonyl (C=O) groups is 1. The predicted molar refractivity (Wildman–Crippen MR) is 84.6 cm³/mol. The van der Waals surface area contributed by atoms with E-state index in [0.717, 1.165) is 6.07 Å². The van der Waals surface area contributed by atoms with Crippen LogP contribution in [0.2, 0.25) is 5.02 Å². The summed E-state index contributed by atoms with van der Waals surface area (Å²) < 4.78 is 69.0. The van der Waals surface area contributed by atoms with E-state index in [1.54, 1.807) is 0 Å². The van der Waals surface area contributed by atoms with E-state index in [2.05, 4.69) is 4.98 Å². The molecule has 0 aliphatic rings. The van der Waals surface area contributed by atoms with E-state index in [-0.39, 0.29) is 23.6 Å². The number of nitrogens with one attached hydrogen (secondary N) is 1. The standard InChI is InChI=1S/C15H12ClF4NO3S/c1-2-24-13(22)10-7-11(25(23)15(19,20)14(17)18)12(21-10)8-3-5-9(16)6-4-8/h3-7,14,21H,2H2,1H3. The lowest BCUT2D eigenvalue weighted by molar-refractivity contribution is -0.0636. The lowest BCUT2D eigenvalue weighted by Gasteiger charge is -2.19. The molecule has 2 rings (SSSR count). The number of H-pyrrole nitrogens is 1. The highest BCUT2D eigenvalue weighted by Crippen LogP contribution is 2.39. The summed E-state index contributed by atoms with van der Waals surface area (Å²) in [5.41, 5.74) is -0.188. The van der Waals surface area contributed by atoms with Crippen molar-refractivity contribution in [3.05, 3.63) is 41.0 Å². The third-order valence-corrected chi connectivity index (χ3v) is 4.76. The lowest BCUT2D eigenvalue weighted by Crippen LogP contribution is -2.36. The molecule has 25 heavy (non-hydrogen) atoms. The van der Waals surface area contributed by atoms with Crippen LogP contribution in [0.5, 0.6) is 0 Å². The fraction of sp³-hybridized carbons (Fsp3) is 0.267. The summed E-state index contributed by atoms with van der Waals surface area (Å²) in [6, 6.07) is 6.50. The summed E-state index contributed by atoms with van der Waals surface area (Å²) in [6.45, 7) is 1.55. The fourth-order valence-corrected chi connectivity index (χ4v) is 3.12. The molecule has 1 aromatic carbocycles. The first-order chi connectivity index (χ1) is 11.7. The second-order valence-corrected chi connectivity index (χ2v) is 6.74. The summed E-state index contributed by atoms with van der Waals surface area (Å²) in [4.78, 5) is 13.7. The minimum absolute atomic E-state index is 0.0136. The second-order valence-electron chi connectivity index (χ2n) is 4.78. The van der Waals surface area contributed by atoms with Crippen LogP contribution in [-0.2, 0) is 15.9 Å². The van der Waals surface area contributed by atoms with E-state index in [1.165, 1.54) is 31.2 Å². The number of benzene rings is 1. The van der Waals surface area contributed by atoms with Gasteiger partial charge in [-0.3, -0.25) is 0 Å². The maximum absolute atomic E-state index is 13.5. The van der Waals surface area contributed by atoms with E-state index in [9.17, 15) is 26.9 Å². The zero-order valence-electron chi connectivity index (χ0n) is 12.7. The Morgan fingerprint density at radius 2 is 1.96 bits per heavy atom. The van der Waals surface area contributed by atoms with Gasteiger partial charge in [0.25, 0.3) is 0 Å². The number of esters is 1. The number of alkyl halides is 4. The molecule has 0 fully saturated rings. The van der Waals surface area contributed by atoms with Crippen molar-refractivity contribution in [3.8, 4) is 11.3 Å². The molecule has 0 aliphatic carbocycles. The van der Waals surface area contributed by atoms with Gasteiger partial charge in [0, 0.05) is 16.7 Å². The smallest absolute Gasteiger partial charge is 0.473 e. The van der Waals surface area contributed by atoms with Crippen LogP contribution in [0.3, 0.4) is 0 Å². The van der Waals surface area contributed by atoms with Crippen molar-refractivity contribution in [1.82, 2.24) is 4.98 Å². The van der Waals surface area contributed by atoms with E-state index in [1.807, 2.05) is 0 Å². The van der Waals surface area contributed by atoms with Crippen molar-refractivity contribution in [1.29, 1.82) is 0 Å². The Kier molecular flexibility index (Phi) is 6.02. The van der Waals surface area contributed by atoms with Crippen LogP contribution in [0, 0.1) is 0 Å². The van der Waals surface area contributed by atoms with Crippen LogP contribution >= 0.6 is 11.6 Å². The zero-order valence-corrected chi connectivity index (χ0v) is 14.3. The van der Waals surface area contributed by atoms with E-state index >= 15 is 0 Å². The molecular formula is C15H12ClF4NO3S. The van der Waals surface area contributed by atoms with Gasteiger partial charge in [-0.15, -0.1) is 8.78 Å². The minimum atomic E-state index is -4.78. The van der Waals surface area contributed by atoms with Crippen molar-refractivity contribution in [2.24, 2.45) is 0 Å². The molecule has 10 heteroatoms. The Balaban J connectivity index is 2.56. The average molecular weight is 398 g/mol. The summed E-state index contributed by atoms with van der Waals surface area (Å²) in [5, 5.41) is -4.43. The van der Waals surface area contributed by atoms with Gasteiger partial charge in [-0.25, -0.2) is 4.79 Å². The highest BCUT2D eigenvalue weighted by Gasteiger charge is 2.55. The number of aromatic amines is 1. The maximum atomic E-state index is 13.5. The predicted octanol–water partition coefficient (Wildman–Crippen LogP) is 4.48. The number of ether oxygens (including phenoxy) is 1. The first-order valence-corrected chi connectivity index (χ1v) is 8.45. The molecule has 1 aromatic heterocycles. The Bertz CT molecular complexity index is 752. The van der Waals surface area contributed by atoms with Crippen molar-refractivity contribution >= 4 is 28.7 Å². The van der Waals surface area contributed by atoms with Crippen molar-refractivity contribution in [2.75, 3.05) is 6.61 Å². The number of hydrogen-bond acceptors (Lipinski definition) is 3. The van der Waals surface area contributed by atoms with Gasteiger partial charge in [-0.2, -0.15) is 8.78 Å². The summed E-state index contributed by atoms with van der Waals surface area (Å²) >= 11 is 2.35. The first kappa shape index (κ1) is 19.6. The normalized spacial score (nSPS) is 13.1. The molecule has 0 spiro atoms. The monoisotopic (exact) mass is 397 g/mol. The van der Waals surface area contributed by atoms with Crippen LogP contribution in [0.25, 0.3) is 11.3 Å². The molecule has 1 N–H and O–H groups in total. The summed E-state index contributed by atoms with van der Waals surface area (Å²) in [7, 11) is 0. The van der Waals surface area contributed by atoms with E-state index < -0.39 is 33.7 Å². The highest BCUT2D eigenvalue weighted by molar-refractivity contribution is 7.92. The minimum Gasteiger partial charge on any atom is -0.606 e. The molecule has 136 valence electrons. The molecule has 0 aliphatic heterocycles. The molecule has 0 saturated heterocycles.